The van der Waals surface area contributed by atoms with Crippen LogP contribution in [0.1, 0.15) is 66.7 Å². The molecule has 2 atom stereocenters. The summed E-state index contributed by atoms with van der Waals surface area (Å²) in [5.41, 5.74) is 0. The molecule has 0 aliphatic carbocycles. The first-order valence-corrected chi connectivity index (χ1v) is 10.7. The number of likely N-dealkylation sites (tertiary alicyclic amines) is 1. The number of guanidine groups is 1. The van der Waals surface area contributed by atoms with Gasteiger partial charge >= 0.3 is 0 Å². The predicted molar refractivity (Wildman–Crippen MR) is 126 cm³/mol. The average molecular weight is 482 g/mol. The molecule has 0 aromatic heterocycles. The topological polar surface area (TPSA) is 42.9 Å². The van der Waals surface area contributed by atoms with Crippen LogP contribution in [0.2, 0.25) is 0 Å². The summed E-state index contributed by atoms with van der Waals surface area (Å²) in [6, 6.07) is 1.08. The number of aliphatic imine (C=N–C) groups is 1. The zero-order chi connectivity index (χ0) is 18.5. The Balaban J connectivity index is 0.00000625. The lowest BCUT2D eigenvalue weighted by Gasteiger charge is -2.34. The van der Waals surface area contributed by atoms with Crippen LogP contribution in [0.3, 0.4) is 0 Å². The maximum absolute atomic E-state index is 4.89. The molecule has 1 rings (SSSR count). The molecule has 0 saturated carbocycles. The van der Waals surface area contributed by atoms with Crippen LogP contribution in [0.15, 0.2) is 4.99 Å². The van der Waals surface area contributed by atoms with Gasteiger partial charge < -0.3 is 15.5 Å². The fourth-order valence-corrected chi connectivity index (χ4v) is 3.67. The first kappa shape index (κ1) is 25.9. The van der Waals surface area contributed by atoms with Crippen molar-refractivity contribution in [1.29, 1.82) is 0 Å². The fraction of sp³-hybridized carbons (Fsp3) is 0.950. The third-order valence-corrected chi connectivity index (χ3v) is 5.35. The second kappa shape index (κ2) is 15.9. The minimum absolute atomic E-state index is 0. The van der Waals surface area contributed by atoms with Gasteiger partial charge in [0.1, 0.15) is 0 Å². The normalized spacial score (nSPS) is 19.9. The molecule has 0 amide bonds. The Bertz CT molecular complexity index is 360. The van der Waals surface area contributed by atoms with Crippen LogP contribution < -0.4 is 10.6 Å². The maximum Gasteiger partial charge on any atom is 0.191 e. The smallest absolute Gasteiger partial charge is 0.191 e. The summed E-state index contributed by atoms with van der Waals surface area (Å²) in [7, 11) is 0. The molecule has 5 nitrogen and oxygen atoms in total. The molecule has 2 unspecified atom stereocenters. The molecular weight excluding hydrogens is 437 g/mol. The highest BCUT2D eigenvalue weighted by molar-refractivity contribution is 14.0. The Hall–Kier alpha value is -0.0800. The van der Waals surface area contributed by atoms with Crippen molar-refractivity contribution >= 4 is 29.9 Å². The predicted octanol–water partition coefficient (Wildman–Crippen LogP) is 3.54. The number of halogens is 1. The van der Waals surface area contributed by atoms with Gasteiger partial charge in [0, 0.05) is 18.6 Å². The number of rotatable bonds is 11. The molecule has 2 N–H and O–H groups in total. The Morgan fingerprint density at radius 1 is 1.19 bits per heavy atom. The molecule has 1 heterocycles. The summed E-state index contributed by atoms with van der Waals surface area (Å²) in [6.45, 7) is 18.9. The summed E-state index contributed by atoms with van der Waals surface area (Å²) in [6.07, 6.45) is 6.40. The highest BCUT2D eigenvalue weighted by Crippen LogP contribution is 2.16. The zero-order valence-corrected chi connectivity index (χ0v) is 20.2. The van der Waals surface area contributed by atoms with E-state index in [2.05, 4.69) is 55.1 Å². The first-order valence-electron chi connectivity index (χ1n) is 10.7. The highest BCUT2D eigenvalue weighted by atomic mass is 127. The van der Waals surface area contributed by atoms with Crippen LogP contribution in [0, 0.1) is 0 Å². The number of piperidine rings is 1. The molecule has 0 radical (unpaired) electrons. The van der Waals surface area contributed by atoms with E-state index in [4.69, 9.17) is 4.99 Å². The molecule has 0 aromatic carbocycles. The molecule has 1 aliphatic heterocycles. The molecule has 1 saturated heterocycles. The molecule has 0 bridgehead atoms. The van der Waals surface area contributed by atoms with Gasteiger partial charge in [-0.3, -0.25) is 9.89 Å². The van der Waals surface area contributed by atoms with E-state index in [0.717, 1.165) is 38.7 Å². The van der Waals surface area contributed by atoms with E-state index in [9.17, 15) is 0 Å². The number of nitrogens with one attached hydrogen (secondary N) is 2. The Kier molecular flexibility index (Phi) is 15.9. The lowest BCUT2D eigenvalue weighted by molar-refractivity contribution is 0.161. The van der Waals surface area contributed by atoms with Gasteiger partial charge in [0.2, 0.25) is 0 Å². The van der Waals surface area contributed by atoms with Crippen molar-refractivity contribution in [3.8, 4) is 0 Å². The third-order valence-electron chi connectivity index (χ3n) is 5.35. The van der Waals surface area contributed by atoms with Gasteiger partial charge in [-0.2, -0.15) is 0 Å². The van der Waals surface area contributed by atoms with Gasteiger partial charge in [0.05, 0.1) is 6.54 Å². The Labute approximate surface area is 179 Å². The summed E-state index contributed by atoms with van der Waals surface area (Å²) < 4.78 is 0. The van der Waals surface area contributed by atoms with Crippen molar-refractivity contribution in [3.63, 3.8) is 0 Å². The van der Waals surface area contributed by atoms with Crippen molar-refractivity contribution in [2.45, 2.75) is 78.8 Å². The lowest BCUT2D eigenvalue weighted by atomic mass is 10.0. The SMILES string of the molecule is CCNC(=NCC1CCCCN1CC)NC(C)CCCN(CC)CC.I. The summed E-state index contributed by atoms with van der Waals surface area (Å²) in [5, 5.41) is 7.02. The summed E-state index contributed by atoms with van der Waals surface area (Å²) in [4.78, 5) is 9.98. The molecule has 26 heavy (non-hydrogen) atoms. The van der Waals surface area contributed by atoms with Gasteiger partial charge in [-0.1, -0.05) is 27.2 Å². The monoisotopic (exact) mass is 481 g/mol. The third kappa shape index (κ3) is 10.3. The van der Waals surface area contributed by atoms with E-state index in [-0.39, 0.29) is 24.0 Å². The van der Waals surface area contributed by atoms with Crippen LogP contribution in [0.5, 0.6) is 0 Å². The Morgan fingerprint density at radius 3 is 2.54 bits per heavy atom. The van der Waals surface area contributed by atoms with Gasteiger partial charge in [-0.15, -0.1) is 24.0 Å². The van der Waals surface area contributed by atoms with Gasteiger partial charge in [0.25, 0.3) is 0 Å². The Morgan fingerprint density at radius 2 is 1.92 bits per heavy atom. The van der Waals surface area contributed by atoms with E-state index < -0.39 is 0 Å². The number of hydrogen-bond acceptors (Lipinski definition) is 3. The highest BCUT2D eigenvalue weighted by Gasteiger charge is 2.20. The summed E-state index contributed by atoms with van der Waals surface area (Å²) >= 11 is 0. The number of likely N-dealkylation sites (N-methyl/N-ethyl adjacent to an activating group) is 1. The molecule has 1 aliphatic rings. The van der Waals surface area contributed by atoms with Crippen LogP contribution in [0.4, 0.5) is 0 Å². The van der Waals surface area contributed by atoms with Crippen molar-refractivity contribution < 1.29 is 0 Å². The average Bonchev–Trinajstić information content (AvgIpc) is 2.63. The van der Waals surface area contributed by atoms with Crippen molar-refractivity contribution in [1.82, 2.24) is 20.4 Å². The minimum Gasteiger partial charge on any atom is -0.357 e. The minimum atomic E-state index is 0. The lowest BCUT2D eigenvalue weighted by Crippen LogP contribution is -2.45. The quantitative estimate of drug-likeness (QED) is 0.269. The molecule has 0 aromatic rings. The standard InChI is InChI=1S/C20H43N5.HI/c1-6-21-20(22-17-19-14-10-11-16-25(19)9-4)23-18(5)13-12-15-24(7-2)8-3;/h18-19H,6-17H2,1-5H3,(H2,21,22,23);1H. The summed E-state index contributed by atoms with van der Waals surface area (Å²) in [5.74, 6) is 0.986. The molecule has 156 valence electrons. The van der Waals surface area contributed by atoms with Crippen molar-refractivity contribution in [2.24, 2.45) is 4.99 Å². The second-order valence-electron chi connectivity index (χ2n) is 7.21. The van der Waals surface area contributed by atoms with Crippen LogP contribution in [-0.4, -0.2) is 73.7 Å². The van der Waals surface area contributed by atoms with Crippen molar-refractivity contribution in [3.05, 3.63) is 0 Å². The molecule has 1 fully saturated rings. The molecular formula is C20H44IN5. The van der Waals surface area contributed by atoms with Gasteiger partial charge in [-0.25, -0.2) is 0 Å². The maximum atomic E-state index is 4.89. The fourth-order valence-electron chi connectivity index (χ4n) is 3.67. The van der Waals surface area contributed by atoms with Gasteiger partial charge in [0.15, 0.2) is 5.96 Å². The van der Waals surface area contributed by atoms with E-state index in [0.29, 0.717) is 12.1 Å². The number of nitrogens with zero attached hydrogens (tertiary/aromatic N) is 3. The second-order valence-corrected chi connectivity index (χ2v) is 7.21. The van der Waals surface area contributed by atoms with Crippen molar-refractivity contribution in [2.75, 3.05) is 45.8 Å². The van der Waals surface area contributed by atoms with Crippen LogP contribution in [-0.2, 0) is 0 Å². The molecule has 0 spiro atoms. The molecule has 6 heteroatoms. The van der Waals surface area contributed by atoms with Gasteiger partial charge in [-0.05, 0) is 72.3 Å². The van der Waals surface area contributed by atoms with E-state index in [1.54, 1.807) is 0 Å². The zero-order valence-electron chi connectivity index (χ0n) is 17.9. The largest absolute Gasteiger partial charge is 0.357 e. The van der Waals surface area contributed by atoms with E-state index >= 15 is 0 Å². The van der Waals surface area contributed by atoms with Crippen LogP contribution in [0.25, 0.3) is 0 Å². The number of hydrogen-bond donors (Lipinski definition) is 2. The first-order chi connectivity index (χ1) is 12.1. The van der Waals surface area contributed by atoms with E-state index in [1.807, 2.05) is 0 Å². The van der Waals surface area contributed by atoms with Crippen LogP contribution >= 0.6 is 24.0 Å². The van der Waals surface area contributed by atoms with E-state index in [1.165, 1.54) is 45.2 Å².